The van der Waals surface area contributed by atoms with Crippen LogP contribution in [-0.4, -0.2) is 44.6 Å². The highest BCUT2D eigenvalue weighted by Crippen LogP contribution is 2.49. The van der Waals surface area contributed by atoms with Crippen molar-refractivity contribution in [3.05, 3.63) is 41.0 Å². The third-order valence-electron chi connectivity index (χ3n) is 8.24. The van der Waals surface area contributed by atoms with Crippen LogP contribution in [0.5, 0.6) is 0 Å². The minimum absolute atomic E-state index is 0.00328. The minimum Gasteiger partial charge on any atom is -0.341 e. The molecule has 194 valence electrons. The highest BCUT2D eigenvalue weighted by molar-refractivity contribution is 5.94. The number of rotatable bonds is 6. The first-order valence-electron chi connectivity index (χ1n) is 13.6. The van der Waals surface area contributed by atoms with Gasteiger partial charge >= 0.3 is 0 Å². The molecule has 2 aromatic rings. The molecule has 3 fully saturated rings. The van der Waals surface area contributed by atoms with E-state index in [9.17, 15) is 9.59 Å². The van der Waals surface area contributed by atoms with Gasteiger partial charge in [0, 0.05) is 37.7 Å². The maximum absolute atomic E-state index is 13.6. The Bertz CT molecular complexity index is 1150. The Morgan fingerprint density at radius 2 is 1.75 bits per heavy atom. The molecule has 0 radical (unpaired) electrons. The average Bonchev–Trinajstić information content (AvgIpc) is 3.34. The molecule has 5 rings (SSSR count). The molecule has 2 saturated carbocycles. The van der Waals surface area contributed by atoms with Crippen LogP contribution in [0.25, 0.3) is 0 Å². The van der Waals surface area contributed by atoms with Crippen molar-refractivity contribution < 1.29 is 9.59 Å². The first-order chi connectivity index (χ1) is 17.0. The van der Waals surface area contributed by atoms with Gasteiger partial charge in [0.05, 0.1) is 11.8 Å². The molecule has 2 heterocycles. The fraction of sp³-hybridized carbons (Fsp3) is 0.655. The van der Waals surface area contributed by atoms with Crippen LogP contribution in [-0.2, 0) is 9.59 Å². The van der Waals surface area contributed by atoms with Crippen LogP contribution < -0.4 is 5.32 Å². The van der Waals surface area contributed by atoms with Gasteiger partial charge in [-0.2, -0.15) is 0 Å². The maximum atomic E-state index is 13.6. The number of aryl methyl sites for hydroxylation is 2. The van der Waals surface area contributed by atoms with Crippen LogP contribution in [0.4, 0.5) is 5.69 Å². The van der Waals surface area contributed by atoms with E-state index in [1.54, 1.807) is 11.8 Å². The van der Waals surface area contributed by atoms with Crippen molar-refractivity contribution in [3.63, 3.8) is 0 Å². The van der Waals surface area contributed by atoms with Crippen LogP contribution in [0.3, 0.4) is 0 Å². The number of benzene rings is 1. The lowest BCUT2D eigenvalue weighted by molar-refractivity contribution is -0.128. The molecule has 1 aromatic heterocycles. The molecule has 36 heavy (non-hydrogen) atoms. The molecular weight excluding hydrogens is 450 g/mol. The number of hydrogen-bond donors (Lipinski definition) is 1. The molecule has 1 N–H and O–H groups in total. The zero-order valence-corrected chi connectivity index (χ0v) is 22.7. The smallest absolute Gasteiger partial charge is 0.230 e. The quantitative estimate of drug-likeness (QED) is 0.590. The van der Waals surface area contributed by atoms with Crippen molar-refractivity contribution in [2.24, 2.45) is 17.3 Å². The number of carbonyl (C=O) groups is 2. The predicted molar refractivity (Wildman–Crippen MR) is 141 cm³/mol. The number of nitrogens with zero attached hydrogens (tertiary/aromatic N) is 4. The molecule has 2 aliphatic carbocycles. The zero-order valence-electron chi connectivity index (χ0n) is 22.7. The Balaban J connectivity index is 1.39. The van der Waals surface area contributed by atoms with Crippen LogP contribution in [0.2, 0.25) is 0 Å². The Hall–Kier alpha value is -2.70. The van der Waals surface area contributed by atoms with E-state index in [2.05, 4.69) is 36.7 Å². The molecule has 7 heteroatoms. The summed E-state index contributed by atoms with van der Waals surface area (Å²) in [6.45, 7) is 13.5. The number of nitrogens with one attached hydrogen (secondary N) is 1. The third kappa shape index (κ3) is 5.07. The summed E-state index contributed by atoms with van der Waals surface area (Å²) in [7, 11) is 0. The Labute approximate surface area is 215 Å². The Kier molecular flexibility index (Phi) is 6.46. The van der Waals surface area contributed by atoms with Gasteiger partial charge in [-0.05, 0) is 68.9 Å². The fourth-order valence-electron chi connectivity index (χ4n) is 6.30. The summed E-state index contributed by atoms with van der Waals surface area (Å²) in [5.74, 6) is 2.67. The molecule has 1 aromatic carbocycles. The largest absolute Gasteiger partial charge is 0.341 e. The van der Waals surface area contributed by atoms with E-state index >= 15 is 0 Å². The van der Waals surface area contributed by atoms with Crippen molar-refractivity contribution in [1.82, 2.24) is 19.7 Å². The maximum Gasteiger partial charge on any atom is 0.230 e. The molecular formula is C29H41N5O2. The van der Waals surface area contributed by atoms with Crippen LogP contribution >= 0.6 is 0 Å². The topological polar surface area (TPSA) is 80.1 Å². The molecule has 3 aliphatic rings. The van der Waals surface area contributed by atoms with Gasteiger partial charge in [-0.15, -0.1) is 10.2 Å². The van der Waals surface area contributed by atoms with E-state index in [-0.39, 0.29) is 23.7 Å². The summed E-state index contributed by atoms with van der Waals surface area (Å²) < 4.78 is 2.36. The second-order valence-corrected chi connectivity index (χ2v) is 12.8. The van der Waals surface area contributed by atoms with Crippen LogP contribution in [0.1, 0.15) is 100 Å². The van der Waals surface area contributed by atoms with E-state index < -0.39 is 0 Å². The van der Waals surface area contributed by atoms with E-state index in [1.165, 1.54) is 19.3 Å². The summed E-state index contributed by atoms with van der Waals surface area (Å²) in [6.07, 6.45) is 5.86. The standard InChI is InChI=1S/C29H41N5O2/c1-17-7-10-25(18(2)11-17)30-28(36)24-16-33(19(3)35)15-23(24)27-32-31-26(34(27)22-8-9-22)21-12-20(13-21)14-29(4,5)6/h7,10-11,20-24H,8-9,12-16H2,1-6H3,(H,30,36)/t20?,21?,23-,24-/m1/s1. The van der Waals surface area contributed by atoms with Crippen LogP contribution in [0.15, 0.2) is 18.2 Å². The molecule has 0 bridgehead atoms. The molecule has 1 aliphatic heterocycles. The fourth-order valence-corrected chi connectivity index (χ4v) is 6.30. The monoisotopic (exact) mass is 491 g/mol. The number of anilines is 1. The van der Waals surface area contributed by atoms with Gasteiger partial charge in [-0.25, -0.2) is 0 Å². The summed E-state index contributed by atoms with van der Waals surface area (Å²) in [6, 6.07) is 6.48. The lowest BCUT2D eigenvalue weighted by Gasteiger charge is -2.38. The lowest BCUT2D eigenvalue weighted by Crippen LogP contribution is -2.31. The van der Waals surface area contributed by atoms with Crippen LogP contribution in [0, 0.1) is 31.1 Å². The SMILES string of the molecule is CC(=O)N1C[C@@H](C(=O)Nc2ccc(C)cc2C)[C@H](c2nnc(C3CC(CC(C)(C)C)C3)n2C2CC2)C1. The van der Waals surface area contributed by atoms with E-state index in [4.69, 9.17) is 10.2 Å². The van der Waals surface area contributed by atoms with Crippen molar-refractivity contribution in [2.75, 3.05) is 18.4 Å². The second-order valence-electron chi connectivity index (χ2n) is 12.8. The van der Waals surface area contributed by atoms with Crippen molar-refractivity contribution in [1.29, 1.82) is 0 Å². The number of carbonyl (C=O) groups excluding carboxylic acids is 2. The van der Waals surface area contributed by atoms with Crippen molar-refractivity contribution >= 4 is 17.5 Å². The van der Waals surface area contributed by atoms with E-state index in [0.29, 0.717) is 30.5 Å². The van der Waals surface area contributed by atoms with E-state index in [1.807, 2.05) is 26.0 Å². The van der Waals surface area contributed by atoms with Gasteiger partial charge < -0.3 is 14.8 Å². The number of aromatic nitrogens is 3. The Morgan fingerprint density at radius 1 is 1.06 bits per heavy atom. The average molecular weight is 492 g/mol. The number of likely N-dealkylation sites (tertiary alicyclic amines) is 1. The summed E-state index contributed by atoms with van der Waals surface area (Å²) in [4.78, 5) is 27.7. The Morgan fingerprint density at radius 3 is 2.36 bits per heavy atom. The van der Waals surface area contributed by atoms with E-state index in [0.717, 1.165) is 47.2 Å². The summed E-state index contributed by atoms with van der Waals surface area (Å²) in [5.41, 5.74) is 3.38. The predicted octanol–water partition coefficient (Wildman–Crippen LogP) is 5.36. The lowest BCUT2D eigenvalue weighted by atomic mass is 9.68. The summed E-state index contributed by atoms with van der Waals surface area (Å²) >= 11 is 0. The van der Waals surface area contributed by atoms with Gasteiger partial charge in [0.15, 0.2) is 0 Å². The van der Waals surface area contributed by atoms with Crippen molar-refractivity contribution in [3.8, 4) is 0 Å². The third-order valence-corrected chi connectivity index (χ3v) is 8.24. The molecule has 2 atom stereocenters. The number of amides is 2. The first-order valence-corrected chi connectivity index (χ1v) is 13.6. The van der Waals surface area contributed by atoms with Gasteiger partial charge in [0.1, 0.15) is 11.6 Å². The molecule has 7 nitrogen and oxygen atoms in total. The highest BCUT2D eigenvalue weighted by Gasteiger charge is 2.46. The first kappa shape index (κ1) is 25.0. The highest BCUT2D eigenvalue weighted by atomic mass is 16.2. The summed E-state index contributed by atoms with van der Waals surface area (Å²) in [5, 5.41) is 12.6. The molecule has 2 amide bonds. The van der Waals surface area contributed by atoms with Crippen molar-refractivity contribution in [2.45, 2.75) is 91.5 Å². The zero-order chi connectivity index (χ0) is 25.8. The van der Waals surface area contributed by atoms with Gasteiger partial charge in [-0.1, -0.05) is 38.5 Å². The molecule has 0 unspecified atom stereocenters. The second kappa shape index (κ2) is 9.31. The molecule has 0 spiro atoms. The normalized spacial score (nSPS) is 26.1. The molecule has 1 saturated heterocycles. The minimum atomic E-state index is -0.348. The van der Waals surface area contributed by atoms with Gasteiger partial charge in [-0.3, -0.25) is 9.59 Å². The van der Waals surface area contributed by atoms with Gasteiger partial charge in [0.2, 0.25) is 11.8 Å². The number of hydrogen-bond acceptors (Lipinski definition) is 4. The van der Waals surface area contributed by atoms with Gasteiger partial charge in [0.25, 0.3) is 0 Å².